The summed E-state index contributed by atoms with van der Waals surface area (Å²) >= 11 is 10.9. The SMILES string of the molecule is C[Si](C)(C)CC(CBr)(CBr)c1ccc(Br)cc1. The molecule has 17 heavy (non-hydrogen) atoms. The predicted octanol–water partition coefficient (Wildman–Crippen LogP) is 5.81. The van der Waals surface area contributed by atoms with Crippen molar-refractivity contribution in [2.45, 2.75) is 31.1 Å². The van der Waals surface area contributed by atoms with Crippen molar-refractivity contribution in [3.8, 4) is 0 Å². The summed E-state index contributed by atoms with van der Waals surface area (Å²) < 4.78 is 1.15. The summed E-state index contributed by atoms with van der Waals surface area (Å²) in [4.78, 5) is 0. The fourth-order valence-electron chi connectivity index (χ4n) is 2.21. The molecule has 0 saturated carbocycles. The maximum absolute atomic E-state index is 3.72. The largest absolute Gasteiger partial charge is 0.0918 e. The van der Waals surface area contributed by atoms with Gasteiger partial charge in [0.25, 0.3) is 0 Å². The lowest BCUT2D eigenvalue weighted by molar-refractivity contribution is 0.612. The molecule has 1 rings (SSSR count). The number of alkyl halides is 2. The first kappa shape index (κ1) is 15.9. The van der Waals surface area contributed by atoms with E-state index in [4.69, 9.17) is 0 Å². The number of benzene rings is 1. The molecule has 4 heteroatoms. The van der Waals surface area contributed by atoms with E-state index in [1.165, 1.54) is 11.6 Å². The molecule has 0 spiro atoms. The highest BCUT2D eigenvalue weighted by Gasteiger charge is 2.35. The van der Waals surface area contributed by atoms with Crippen LogP contribution in [-0.2, 0) is 5.41 Å². The van der Waals surface area contributed by atoms with E-state index in [9.17, 15) is 0 Å². The average Bonchev–Trinajstić information content (AvgIpc) is 2.26. The van der Waals surface area contributed by atoms with Crippen molar-refractivity contribution in [1.29, 1.82) is 0 Å². The second-order valence-corrected chi connectivity index (χ2v) is 13.3. The van der Waals surface area contributed by atoms with E-state index in [2.05, 4.69) is 91.7 Å². The molecule has 96 valence electrons. The van der Waals surface area contributed by atoms with Gasteiger partial charge in [-0.25, -0.2) is 0 Å². The first-order chi connectivity index (χ1) is 7.83. The van der Waals surface area contributed by atoms with E-state index >= 15 is 0 Å². The molecule has 1 aromatic carbocycles. The number of rotatable bonds is 5. The zero-order valence-corrected chi connectivity index (χ0v) is 16.3. The third-order valence-corrected chi connectivity index (χ3v) is 7.25. The molecule has 0 nitrogen and oxygen atoms in total. The molecule has 0 aliphatic rings. The van der Waals surface area contributed by atoms with Gasteiger partial charge >= 0.3 is 0 Å². The van der Waals surface area contributed by atoms with Gasteiger partial charge in [-0.1, -0.05) is 79.6 Å². The van der Waals surface area contributed by atoms with Gasteiger partial charge in [-0.3, -0.25) is 0 Å². The second-order valence-electron chi connectivity index (χ2n) is 5.79. The average molecular weight is 443 g/mol. The van der Waals surface area contributed by atoms with E-state index in [1.807, 2.05) is 0 Å². The molecule has 1 aromatic rings. The van der Waals surface area contributed by atoms with Crippen LogP contribution in [0, 0.1) is 0 Å². The van der Waals surface area contributed by atoms with Crippen molar-refractivity contribution in [2.24, 2.45) is 0 Å². The van der Waals surface area contributed by atoms with Crippen LogP contribution in [0.5, 0.6) is 0 Å². The summed E-state index contributed by atoms with van der Waals surface area (Å²) in [5.74, 6) is 0. The van der Waals surface area contributed by atoms with Crippen LogP contribution in [0.3, 0.4) is 0 Å². The van der Waals surface area contributed by atoms with Gasteiger partial charge in [0.1, 0.15) is 0 Å². The zero-order valence-electron chi connectivity index (χ0n) is 10.6. The van der Waals surface area contributed by atoms with Gasteiger partial charge < -0.3 is 0 Å². The second kappa shape index (κ2) is 6.35. The quantitative estimate of drug-likeness (QED) is 0.398. The fraction of sp³-hybridized carbons (Fsp3) is 0.538. The summed E-state index contributed by atoms with van der Waals surface area (Å²) in [7, 11) is -1.10. The van der Waals surface area contributed by atoms with Gasteiger partial charge in [-0.05, 0) is 23.7 Å². The summed E-state index contributed by atoms with van der Waals surface area (Å²) in [6.45, 7) is 7.31. The molecule has 0 heterocycles. The Morgan fingerprint density at radius 3 is 1.82 bits per heavy atom. The predicted molar refractivity (Wildman–Crippen MR) is 91.6 cm³/mol. The molecular formula is C13H19Br3Si. The monoisotopic (exact) mass is 440 g/mol. The molecule has 0 N–H and O–H groups in total. The summed E-state index contributed by atoms with van der Waals surface area (Å²) in [6, 6.07) is 10.1. The van der Waals surface area contributed by atoms with Gasteiger partial charge in [-0.2, -0.15) is 0 Å². The van der Waals surface area contributed by atoms with Crippen LogP contribution in [0.4, 0.5) is 0 Å². The smallest absolute Gasteiger partial charge is 0.0452 e. The summed E-state index contributed by atoms with van der Waals surface area (Å²) in [6.07, 6.45) is 0. The maximum atomic E-state index is 3.72. The van der Waals surface area contributed by atoms with Gasteiger partial charge in [0.05, 0.1) is 0 Å². The lowest BCUT2D eigenvalue weighted by Crippen LogP contribution is -2.38. The molecule has 0 bridgehead atoms. The van der Waals surface area contributed by atoms with Crippen LogP contribution in [0.2, 0.25) is 25.7 Å². The first-order valence-corrected chi connectivity index (χ1v) is 12.5. The Morgan fingerprint density at radius 1 is 1.00 bits per heavy atom. The molecule has 0 saturated heterocycles. The van der Waals surface area contributed by atoms with E-state index in [0.29, 0.717) is 0 Å². The van der Waals surface area contributed by atoms with Crippen molar-refractivity contribution in [3.63, 3.8) is 0 Å². The van der Waals surface area contributed by atoms with Gasteiger partial charge in [0.2, 0.25) is 0 Å². The van der Waals surface area contributed by atoms with Crippen LogP contribution in [0.25, 0.3) is 0 Å². The van der Waals surface area contributed by atoms with Crippen molar-refractivity contribution < 1.29 is 0 Å². The minimum absolute atomic E-state index is 0.227. The highest BCUT2D eigenvalue weighted by atomic mass is 79.9. The van der Waals surface area contributed by atoms with Crippen molar-refractivity contribution >= 4 is 55.9 Å². The Balaban J connectivity index is 3.10. The van der Waals surface area contributed by atoms with Gasteiger partial charge in [0, 0.05) is 28.6 Å². The maximum Gasteiger partial charge on any atom is 0.0452 e. The number of halogens is 3. The van der Waals surface area contributed by atoms with E-state index < -0.39 is 8.07 Å². The lowest BCUT2D eigenvalue weighted by Gasteiger charge is -2.36. The Morgan fingerprint density at radius 2 is 1.47 bits per heavy atom. The summed E-state index contributed by atoms with van der Waals surface area (Å²) in [5.41, 5.74) is 1.66. The highest BCUT2D eigenvalue weighted by molar-refractivity contribution is 9.10. The minimum atomic E-state index is -1.10. The van der Waals surface area contributed by atoms with E-state index in [-0.39, 0.29) is 5.41 Å². The third-order valence-electron chi connectivity index (χ3n) is 2.84. The summed E-state index contributed by atoms with van der Waals surface area (Å²) in [5, 5.41) is 2.02. The Labute approximate surface area is 131 Å². The molecule has 0 amide bonds. The zero-order chi connectivity index (χ0) is 13.1. The lowest BCUT2D eigenvalue weighted by atomic mass is 9.86. The fourth-order valence-corrected chi connectivity index (χ4v) is 7.66. The van der Waals surface area contributed by atoms with Crippen molar-refractivity contribution in [2.75, 3.05) is 10.7 Å². The standard InChI is InChI=1S/C13H19Br3Si/c1-17(2,3)10-13(8-14,9-15)11-4-6-12(16)7-5-11/h4-7H,8-10H2,1-3H3. The Hall–Kier alpha value is 0.877. The first-order valence-electron chi connectivity index (χ1n) is 5.71. The van der Waals surface area contributed by atoms with Gasteiger partial charge in [0.15, 0.2) is 0 Å². The van der Waals surface area contributed by atoms with Crippen molar-refractivity contribution in [3.05, 3.63) is 34.3 Å². The molecule has 0 fully saturated rings. The van der Waals surface area contributed by atoms with Crippen LogP contribution in [0.15, 0.2) is 28.7 Å². The third kappa shape index (κ3) is 4.48. The van der Waals surface area contributed by atoms with E-state index in [0.717, 1.165) is 15.1 Å². The van der Waals surface area contributed by atoms with Crippen molar-refractivity contribution in [1.82, 2.24) is 0 Å². The van der Waals surface area contributed by atoms with Crippen LogP contribution in [-0.4, -0.2) is 18.7 Å². The van der Waals surface area contributed by atoms with E-state index in [1.54, 1.807) is 0 Å². The van der Waals surface area contributed by atoms with Crippen LogP contribution >= 0.6 is 47.8 Å². The molecular weight excluding hydrogens is 424 g/mol. The van der Waals surface area contributed by atoms with Crippen LogP contribution < -0.4 is 0 Å². The van der Waals surface area contributed by atoms with Crippen LogP contribution in [0.1, 0.15) is 5.56 Å². The number of hydrogen-bond acceptors (Lipinski definition) is 0. The molecule has 0 unspecified atom stereocenters. The van der Waals surface area contributed by atoms with Gasteiger partial charge in [-0.15, -0.1) is 0 Å². The molecule has 0 aliphatic carbocycles. The highest BCUT2D eigenvalue weighted by Crippen LogP contribution is 2.37. The topological polar surface area (TPSA) is 0 Å². The number of hydrogen-bond donors (Lipinski definition) is 0. The Kier molecular flexibility index (Phi) is 5.95. The Bertz CT molecular complexity index is 350. The molecule has 0 radical (unpaired) electrons. The molecule has 0 atom stereocenters. The molecule has 0 aliphatic heterocycles. The molecule has 0 aromatic heterocycles. The normalized spacial score (nSPS) is 12.8. The minimum Gasteiger partial charge on any atom is -0.0918 e.